The fourth-order valence-corrected chi connectivity index (χ4v) is 1.79. The summed E-state index contributed by atoms with van der Waals surface area (Å²) >= 11 is 0. The van der Waals surface area contributed by atoms with Crippen LogP contribution in [0.1, 0.15) is 31.1 Å². The maximum atomic E-state index is 12.8. The Morgan fingerprint density at radius 3 is 2.24 bits per heavy atom. The van der Waals surface area contributed by atoms with Gasteiger partial charge in [0.2, 0.25) is 0 Å². The molecule has 1 unspecified atom stereocenters. The first-order chi connectivity index (χ1) is 7.91. The SMILES string of the molecule is CC(C)CN(C)C(C)C(=O)c1ccc(F)cc1. The Kier molecular flexibility index (Phi) is 4.82. The normalized spacial score (nSPS) is 13.1. The summed E-state index contributed by atoms with van der Waals surface area (Å²) in [5.41, 5.74) is 0.564. The monoisotopic (exact) mass is 237 g/mol. The molecule has 0 amide bonds. The fourth-order valence-electron chi connectivity index (χ4n) is 1.79. The van der Waals surface area contributed by atoms with Gasteiger partial charge in [0.25, 0.3) is 0 Å². The molecule has 3 heteroatoms. The first-order valence-corrected chi connectivity index (χ1v) is 5.92. The summed E-state index contributed by atoms with van der Waals surface area (Å²) in [6.07, 6.45) is 0. The van der Waals surface area contributed by atoms with Crippen LogP contribution in [0.15, 0.2) is 24.3 Å². The molecule has 1 atom stereocenters. The number of hydrogen-bond donors (Lipinski definition) is 0. The van der Waals surface area contributed by atoms with Gasteiger partial charge in [-0.15, -0.1) is 0 Å². The molecule has 0 bridgehead atoms. The van der Waals surface area contributed by atoms with Gasteiger partial charge in [0, 0.05) is 12.1 Å². The van der Waals surface area contributed by atoms with Crippen molar-refractivity contribution < 1.29 is 9.18 Å². The summed E-state index contributed by atoms with van der Waals surface area (Å²) in [4.78, 5) is 14.1. The second kappa shape index (κ2) is 5.92. The lowest BCUT2D eigenvalue weighted by molar-refractivity contribution is 0.0857. The lowest BCUT2D eigenvalue weighted by Gasteiger charge is -2.25. The molecule has 0 saturated heterocycles. The molecular formula is C14H20FNO. The number of halogens is 1. The van der Waals surface area contributed by atoms with Crippen LogP contribution in [0.25, 0.3) is 0 Å². The lowest BCUT2D eigenvalue weighted by Crippen LogP contribution is -2.38. The molecule has 0 aromatic heterocycles. The molecule has 0 fully saturated rings. The Morgan fingerprint density at radius 2 is 1.76 bits per heavy atom. The highest BCUT2D eigenvalue weighted by Crippen LogP contribution is 2.10. The van der Waals surface area contributed by atoms with Crippen molar-refractivity contribution in [3.05, 3.63) is 35.6 Å². The number of carbonyl (C=O) groups is 1. The summed E-state index contributed by atoms with van der Waals surface area (Å²) in [5.74, 6) is 0.237. The standard InChI is InChI=1S/C14H20FNO/c1-10(2)9-16(4)11(3)14(17)12-5-7-13(15)8-6-12/h5-8,10-11H,9H2,1-4H3. The first kappa shape index (κ1) is 13.8. The summed E-state index contributed by atoms with van der Waals surface area (Å²) < 4.78 is 12.8. The number of Topliss-reactive ketones (excluding diaryl/α,β-unsaturated/α-hetero) is 1. The quantitative estimate of drug-likeness (QED) is 0.734. The number of carbonyl (C=O) groups excluding carboxylic acids is 1. The molecule has 0 saturated carbocycles. The highest BCUT2D eigenvalue weighted by atomic mass is 19.1. The van der Waals surface area contributed by atoms with E-state index in [2.05, 4.69) is 13.8 Å². The molecule has 1 aromatic rings. The molecule has 17 heavy (non-hydrogen) atoms. The van der Waals surface area contributed by atoms with Crippen LogP contribution in [0.3, 0.4) is 0 Å². The van der Waals surface area contributed by atoms with Crippen LogP contribution in [-0.4, -0.2) is 30.3 Å². The summed E-state index contributed by atoms with van der Waals surface area (Å²) in [7, 11) is 1.94. The molecule has 1 rings (SSSR count). The van der Waals surface area contributed by atoms with E-state index in [-0.39, 0.29) is 17.6 Å². The van der Waals surface area contributed by atoms with Crippen LogP contribution in [0.5, 0.6) is 0 Å². The minimum Gasteiger partial charge on any atom is -0.296 e. The zero-order valence-corrected chi connectivity index (χ0v) is 10.9. The Bertz CT molecular complexity index is 372. The van der Waals surface area contributed by atoms with E-state index in [1.54, 1.807) is 0 Å². The minimum atomic E-state index is -0.315. The highest BCUT2D eigenvalue weighted by molar-refractivity contribution is 5.99. The van der Waals surface area contributed by atoms with Gasteiger partial charge < -0.3 is 0 Å². The zero-order valence-electron chi connectivity index (χ0n) is 10.9. The molecule has 0 N–H and O–H groups in total. The predicted octanol–water partition coefficient (Wildman–Crippen LogP) is 2.98. The summed E-state index contributed by atoms with van der Waals surface area (Å²) in [5, 5.41) is 0. The number of ketones is 1. The minimum absolute atomic E-state index is 0.0353. The van der Waals surface area contributed by atoms with E-state index < -0.39 is 0 Å². The van der Waals surface area contributed by atoms with Crippen LogP contribution >= 0.6 is 0 Å². The molecule has 0 aliphatic heterocycles. The van der Waals surface area contributed by atoms with Gasteiger partial charge in [0.1, 0.15) is 5.82 Å². The van der Waals surface area contributed by atoms with E-state index >= 15 is 0 Å². The van der Waals surface area contributed by atoms with E-state index in [9.17, 15) is 9.18 Å². The number of nitrogens with zero attached hydrogens (tertiary/aromatic N) is 1. The van der Waals surface area contributed by atoms with Gasteiger partial charge in [-0.1, -0.05) is 13.8 Å². The van der Waals surface area contributed by atoms with Gasteiger partial charge in [-0.3, -0.25) is 9.69 Å². The average Bonchev–Trinajstić information content (AvgIpc) is 2.27. The molecule has 0 radical (unpaired) electrons. The van der Waals surface area contributed by atoms with E-state index in [1.807, 2.05) is 18.9 Å². The van der Waals surface area contributed by atoms with Crippen LogP contribution in [0, 0.1) is 11.7 Å². The number of hydrogen-bond acceptors (Lipinski definition) is 2. The summed E-state index contributed by atoms with van der Waals surface area (Å²) in [6.45, 7) is 6.99. The topological polar surface area (TPSA) is 20.3 Å². The van der Waals surface area contributed by atoms with E-state index in [1.165, 1.54) is 24.3 Å². The van der Waals surface area contributed by atoms with Gasteiger partial charge in [-0.05, 0) is 44.2 Å². The third-order valence-corrected chi connectivity index (χ3v) is 2.82. The third kappa shape index (κ3) is 3.93. The smallest absolute Gasteiger partial charge is 0.179 e. The van der Waals surface area contributed by atoms with Crippen LogP contribution in [0.4, 0.5) is 4.39 Å². The van der Waals surface area contributed by atoms with Crippen molar-refractivity contribution in [3.8, 4) is 0 Å². The molecule has 94 valence electrons. The highest BCUT2D eigenvalue weighted by Gasteiger charge is 2.19. The maximum absolute atomic E-state index is 12.8. The molecule has 2 nitrogen and oxygen atoms in total. The summed E-state index contributed by atoms with van der Waals surface area (Å²) in [6, 6.07) is 5.54. The van der Waals surface area contributed by atoms with Gasteiger partial charge in [0.15, 0.2) is 5.78 Å². The van der Waals surface area contributed by atoms with Crippen LogP contribution < -0.4 is 0 Å². The zero-order chi connectivity index (χ0) is 13.0. The van der Waals surface area contributed by atoms with Crippen molar-refractivity contribution in [1.82, 2.24) is 4.90 Å². The van der Waals surface area contributed by atoms with Crippen molar-refractivity contribution in [3.63, 3.8) is 0 Å². The molecule has 0 aliphatic carbocycles. The Labute approximate surface area is 102 Å². The van der Waals surface area contributed by atoms with E-state index in [4.69, 9.17) is 0 Å². The fraction of sp³-hybridized carbons (Fsp3) is 0.500. The Balaban J connectivity index is 2.72. The van der Waals surface area contributed by atoms with Crippen LogP contribution in [0.2, 0.25) is 0 Å². The first-order valence-electron chi connectivity index (χ1n) is 5.92. The third-order valence-electron chi connectivity index (χ3n) is 2.82. The lowest BCUT2D eigenvalue weighted by atomic mass is 10.0. The van der Waals surface area contributed by atoms with Crippen molar-refractivity contribution in [2.24, 2.45) is 5.92 Å². The Morgan fingerprint density at radius 1 is 1.24 bits per heavy atom. The van der Waals surface area contributed by atoms with Crippen molar-refractivity contribution >= 4 is 5.78 Å². The van der Waals surface area contributed by atoms with Crippen molar-refractivity contribution in [2.45, 2.75) is 26.8 Å². The average molecular weight is 237 g/mol. The maximum Gasteiger partial charge on any atom is 0.179 e. The number of likely N-dealkylation sites (N-methyl/N-ethyl adjacent to an activating group) is 1. The second-order valence-corrected chi connectivity index (χ2v) is 4.88. The van der Waals surface area contributed by atoms with Gasteiger partial charge >= 0.3 is 0 Å². The van der Waals surface area contributed by atoms with E-state index in [0.29, 0.717) is 11.5 Å². The molecule has 1 aromatic carbocycles. The molecule has 0 spiro atoms. The van der Waals surface area contributed by atoms with Gasteiger partial charge in [-0.25, -0.2) is 4.39 Å². The van der Waals surface area contributed by atoms with E-state index in [0.717, 1.165) is 6.54 Å². The largest absolute Gasteiger partial charge is 0.296 e. The number of benzene rings is 1. The Hall–Kier alpha value is -1.22. The molecule has 0 aliphatic rings. The molecule has 0 heterocycles. The van der Waals surface area contributed by atoms with Gasteiger partial charge in [0.05, 0.1) is 6.04 Å². The predicted molar refractivity (Wildman–Crippen MR) is 67.7 cm³/mol. The van der Waals surface area contributed by atoms with Gasteiger partial charge in [-0.2, -0.15) is 0 Å². The van der Waals surface area contributed by atoms with Crippen molar-refractivity contribution in [1.29, 1.82) is 0 Å². The second-order valence-electron chi connectivity index (χ2n) is 4.88. The van der Waals surface area contributed by atoms with Crippen LogP contribution in [-0.2, 0) is 0 Å². The number of rotatable bonds is 5. The molecular weight excluding hydrogens is 217 g/mol. The van der Waals surface area contributed by atoms with Crippen molar-refractivity contribution in [2.75, 3.05) is 13.6 Å².